The minimum absolute atomic E-state index is 0.00852. The standard InChI is InChI=1S/C13H18BrN5/c1-19-7-6-17-13(19)5-4-12(18-16)10-8-9(14)2-3-11(10)15/h2-3,6-8,12,18H,4-5,15-16H2,1H3. The van der Waals surface area contributed by atoms with E-state index in [1.807, 2.05) is 36.0 Å². The van der Waals surface area contributed by atoms with Crippen molar-refractivity contribution >= 4 is 21.6 Å². The van der Waals surface area contributed by atoms with E-state index in [0.29, 0.717) is 0 Å². The second-order valence-corrected chi connectivity index (χ2v) is 5.40. The Morgan fingerprint density at radius 3 is 2.89 bits per heavy atom. The molecule has 5 nitrogen and oxygen atoms in total. The van der Waals surface area contributed by atoms with Gasteiger partial charge in [-0.1, -0.05) is 15.9 Å². The van der Waals surface area contributed by atoms with Gasteiger partial charge < -0.3 is 10.3 Å². The van der Waals surface area contributed by atoms with Crippen LogP contribution in [0.25, 0.3) is 0 Å². The topological polar surface area (TPSA) is 81.9 Å². The van der Waals surface area contributed by atoms with Crippen molar-refractivity contribution in [1.29, 1.82) is 0 Å². The lowest BCUT2D eigenvalue weighted by atomic mass is 10.0. The molecule has 0 radical (unpaired) electrons. The Hall–Kier alpha value is -1.37. The van der Waals surface area contributed by atoms with Gasteiger partial charge in [0.1, 0.15) is 5.82 Å². The highest BCUT2D eigenvalue weighted by Crippen LogP contribution is 2.27. The van der Waals surface area contributed by atoms with Gasteiger partial charge in [0.2, 0.25) is 0 Å². The second-order valence-electron chi connectivity index (χ2n) is 4.49. The zero-order valence-electron chi connectivity index (χ0n) is 10.8. The van der Waals surface area contributed by atoms with E-state index < -0.39 is 0 Å². The molecule has 0 spiro atoms. The summed E-state index contributed by atoms with van der Waals surface area (Å²) < 4.78 is 3.01. The van der Waals surface area contributed by atoms with Crippen molar-refractivity contribution < 1.29 is 0 Å². The van der Waals surface area contributed by atoms with Gasteiger partial charge in [0.15, 0.2) is 0 Å². The summed E-state index contributed by atoms with van der Waals surface area (Å²) in [6.45, 7) is 0. The van der Waals surface area contributed by atoms with Crippen LogP contribution in [0.15, 0.2) is 35.1 Å². The zero-order valence-corrected chi connectivity index (χ0v) is 12.4. The van der Waals surface area contributed by atoms with E-state index >= 15 is 0 Å². The van der Waals surface area contributed by atoms with Crippen molar-refractivity contribution in [3.63, 3.8) is 0 Å². The van der Waals surface area contributed by atoms with Crippen LogP contribution in [0, 0.1) is 0 Å². The molecule has 2 aromatic rings. The van der Waals surface area contributed by atoms with Crippen LogP contribution < -0.4 is 17.0 Å². The molecule has 0 saturated carbocycles. The summed E-state index contributed by atoms with van der Waals surface area (Å²) in [7, 11) is 1.99. The summed E-state index contributed by atoms with van der Waals surface area (Å²) >= 11 is 3.45. The zero-order chi connectivity index (χ0) is 13.8. The first-order valence-electron chi connectivity index (χ1n) is 6.09. The normalized spacial score (nSPS) is 12.6. The molecule has 1 aromatic carbocycles. The summed E-state index contributed by atoms with van der Waals surface area (Å²) in [5.41, 5.74) is 10.6. The highest BCUT2D eigenvalue weighted by molar-refractivity contribution is 9.10. The molecule has 5 N–H and O–H groups in total. The van der Waals surface area contributed by atoms with Crippen molar-refractivity contribution in [3.05, 3.63) is 46.5 Å². The van der Waals surface area contributed by atoms with E-state index in [1.54, 1.807) is 6.20 Å². The van der Waals surface area contributed by atoms with Crippen molar-refractivity contribution in [3.8, 4) is 0 Å². The average molecular weight is 324 g/mol. The van der Waals surface area contributed by atoms with Crippen LogP contribution in [0.1, 0.15) is 23.9 Å². The smallest absolute Gasteiger partial charge is 0.108 e. The number of halogens is 1. The number of hydrazine groups is 1. The molecule has 0 saturated heterocycles. The molecule has 1 heterocycles. The number of imidazole rings is 1. The molecule has 19 heavy (non-hydrogen) atoms. The van der Waals surface area contributed by atoms with Gasteiger partial charge in [-0.3, -0.25) is 11.3 Å². The number of nitrogen functional groups attached to an aromatic ring is 1. The third-order valence-corrected chi connectivity index (χ3v) is 3.70. The molecule has 0 amide bonds. The highest BCUT2D eigenvalue weighted by atomic mass is 79.9. The van der Waals surface area contributed by atoms with Gasteiger partial charge in [0.25, 0.3) is 0 Å². The molecule has 2 rings (SSSR count). The van der Waals surface area contributed by atoms with Crippen molar-refractivity contribution in [2.24, 2.45) is 12.9 Å². The fourth-order valence-electron chi connectivity index (χ4n) is 2.09. The van der Waals surface area contributed by atoms with Gasteiger partial charge in [0.05, 0.1) is 0 Å². The molecular weight excluding hydrogens is 306 g/mol. The van der Waals surface area contributed by atoms with Gasteiger partial charge >= 0.3 is 0 Å². The quantitative estimate of drug-likeness (QED) is 0.446. The molecule has 6 heteroatoms. The second kappa shape index (κ2) is 6.18. The van der Waals surface area contributed by atoms with Crippen molar-refractivity contribution in [2.75, 3.05) is 5.73 Å². The summed E-state index contributed by atoms with van der Waals surface area (Å²) in [6, 6.07) is 5.81. The van der Waals surface area contributed by atoms with Gasteiger partial charge in [-0.15, -0.1) is 0 Å². The Bertz CT molecular complexity index is 552. The molecule has 102 valence electrons. The number of hydrogen-bond acceptors (Lipinski definition) is 4. The molecule has 1 aromatic heterocycles. The van der Waals surface area contributed by atoms with E-state index in [9.17, 15) is 0 Å². The van der Waals surface area contributed by atoms with Crippen molar-refractivity contribution in [1.82, 2.24) is 15.0 Å². The number of nitrogens with two attached hydrogens (primary N) is 2. The predicted octanol–water partition coefficient (Wildman–Crippen LogP) is 1.90. The van der Waals surface area contributed by atoms with Gasteiger partial charge in [-0.05, 0) is 30.2 Å². The Kier molecular flexibility index (Phi) is 4.57. The monoisotopic (exact) mass is 323 g/mol. The molecule has 0 aliphatic heterocycles. The van der Waals surface area contributed by atoms with Gasteiger partial charge in [0, 0.05) is 42.1 Å². The van der Waals surface area contributed by atoms with E-state index in [1.165, 1.54) is 0 Å². The largest absolute Gasteiger partial charge is 0.398 e. The SMILES string of the molecule is Cn1ccnc1CCC(NN)c1cc(Br)ccc1N. The summed E-state index contributed by atoms with van der Waals surface area (Å²) in [5, 5.41) is 0. The van der Waals surface area contributed by atoms with Crippen LogP contribution in [0.3, 0.4) is 0 Å². The van der Waals surface area contributed by atoms with Crippen LogP contribution in [-0.4, -0.2) is 9.55 Å². The number of rotatable bonds is 5. The predicted molar refractivity (Wildman–Crippen MR) is 80.1 cm³/mol. The highest BCUT2D eigenvalue weighted by Gasteiger charge is 2.14. The number of benzene rings is 1. The van der Waals surface area contributed by atoms with Crippen LogP contribution in [0.4, 0.5) is 5.69 Å². The van der Waals surface area contributed by atoms with Crippen LogP contribution >= 0.6 is 15.9 Å². The molecule has 0 aliphatic carbocycles. The van der Waals surface area contributed by atoms with E-state index in [-0.39, 0.29) is 6.04 Å². The molecular formula is C13H18BrN5. The maximum atomic E-state index is 6.01. The summed E-state index contributed by atoms with van der Waals surface area (Å²) in [5.74, 6) is 6.69. The lowest BCUT2D eigenvalue weighted by Gasteiger charge is -2.18. The minimum Gasteiger partial charge on any atom is -0.398 e. The van der Waals surface area contributed by atoms with Gasteiger partial charge in [-0.2, -0.15) is 0 Å². The fraction of sp³-hybridized carbons (Fsp3) is 0.308. The number of nitrogens with zero attached hydrogens (tertiary/aromatic N) is 2. The Morgan fingerprint density at radius 1 is 1.47 bits per heavy atom. The Labute approximate surface area is 121 Å². The number of hydrogen-bond donors (Lipinski definition) is 3. The maximum Gasteiger partial charge on any atom is 0.108 e. The maximum absolute atomic E-state index is 6.01. The number of aromatic nitrogens is 2. The van der Waals surface area contributed by atoms with Crippen LogP contribution in [0.5, 0.6) is 0 Å². The molecule has 0 aliphatic rings. The summed E-state index contributed by atoms with van der Waals surface area (Å²) in [4.78, 5) is 4.31. The number of aryl methyl sites for hydroxylation is 2. The summed E-state index contributed by atoms with van der Waals surface area (Å²) in [6.07, 6.45) is 5.41. The lowest BCUT2D eigenvalue weighted by Crippen LogP contribution is -2.29. The van der Waals surface area contributed by atoms with Crippen LogP contribution in [-0.2, 0) is 13.5 Å². The average Bonchev–Trinajstić information content (AvgIpc) is 2.80. The first kappa shape index (κ1) is 14.0. The number of anilines is 1. The van der Waals surface area contributed by atoms with Gasteiger partial charge in [-0.25, -0.2) is 4.98 Å². The minimum atomic E-state index is 0.00852. The van der Waals surface area contributed by atoms with Crippen LogP contribution in [0.2, 0.25) is 0 Å². The lowest BCUT2D eigenvalue weighted by molar-refractivity contribution is 0.507. The molecule has 0 fully saturated rings. The fourth-order valence-corrected chi connectivity index (χ4v) is 2.47. The van der Waals surface area contributed by atoms with E-state index in [2.05, 4.69) is 26.3 Å². The first-order chi connectivity index (χ1) is 9.11. The molecule has 1 atom stereocenters. The molecule has 1 unspecified atom stereocenters. The third kappa shape index (κ3) is 3.34. The molecule has 0 bridgehead atoms. The first-order valence-corrected chi connectivity index (χ1v) is 6.88. The third-order valence-electron chi connectivity index (χ3n) is 3.20. The van der Waals surface area contributed by atoms with E-state index in [0.717, 1.165) is 34.4 Å². The Balaban J connectivity index is 2.12. The van der Waals surface area contributed by atoms with Crippen molar-refractivity contribution in [2.45, 2.75) is 18.9 Å². The Morgan fingerprint density at radius 2 is 2.26 bits per heavy atom. The number of nitrogens with one attached hydrogen (secondary N) is 1. The van der Waals surface area contributed by atoms with E-state index in [4.69, 9.17) is 11.6 Å².